The molecule has 0 atom stereocenters. The molecule has 0 saturated carbocycles. The zero-order chi connectivity index (χ0) is 15.8. The molecule has 8 heteroatoms. The molecule has 0 aromatic heterocycles. The Morgan fingerprint density at radius 2 is 2.14 bits per heavy atom. The number of benzene rings is 1. The van der Waals surface area contributed by atoms with Crippen LogP contribution < -0.4 is 4.74 Å². The third-order valence-electron chi connectivity index (χ3n) is 2.63. The molecule has 1 rings (SSSR count). The molecule has 0 bridgehead atoms. The van der Waals surface area contributed by atoms with Crippen LogP contribution >= 0.6 is 22.6 Å². The molecule has 0 saturated heterocycles. The van der Waals surface area contributed by atoms with E-state index in [9.17, 15) is 14.9 Å². The van der Waals surface area contributed by atoms with Gasteiger partial charge in [-0.15, -0.1) is 0 Å². The van der Waals surface area contributed by atoms with Crippen molar-refractivity contribution in [3.8, 4) is 11.8 Å². The van der Waals surface area contributed by atoms with Gasteiger partial charge in [-0.1, -0.05) is 0 Å². The van der Waals surface area contributed by atoms with Gasteiger partial charge in [0.05, 0.1) is 26.7 Å². The fraction of sp³-hybridized carbons (Fsp3) is 0.385. The van der Waals surface area contributed by atoms with Gasteiger partial charge >= 0.3 is 11.7 Å². The monoisotopic (exact) mass is 404 g/mol. The highest BCUT2D eigenvalue weighted by Crippen LogP contribution is 2.33. The molecule has 0 aliphatic heterocycles. The molecule has 1 aromatic rings. The van der Waals surface area contributed by atoms with E-state index in [0.717, 1.165) is 0 Å². The molecule has 1 N–H and O–H groups in total. The summed E-state index contributed by atoms with van der Waals surface area (Å²) in [5, 5.41) is 28.3. The molecule has 0 aliphatic carbocycles. The van der Waals surface area contributed by atoms with Crippen LogP contribution in [0.1, 0.15) is 31.2 Å². The lowest BCUT2D eigenvalue weighted by atomic mass is 10.2. The highest BCUT2D eigenvalue weighted by atomic mass is 127. The number of carboxylic acid groups (broad SMARTS) is 1. The van der Waals surface area contributed by atoms with Crippen LogP contribution in [0, 0.1) is 25.0 Å². The quantitative estimate of drug-likeness (QED) is 0.308. The molecule has 1 aromatic carbocycles. The van der Waals surface area contributed by atoms with Gasteiger partial charge in [-0.2, -0.15) is 5.26 Å². The van der Waals surface area contributed by atoms with E-state index in [2.05, 4.69) is 0 Å². The Morgan fingerprint density at radius 1 is 1.43 bits per heavy atom. The molecule has 0 fully saturated rings. The van der Waals surface area contributed by atoms with Gasteiger partial charge in [0.2, 0.25) is 5.75 Å². The number of hydrogen-bond acceptors (Lipinski definition) is 5. The lowest BCUT2D eigenvalue weighted by Gasteiger charge is -2.09. The predicted octanol–water partition coefficient (Wildman–Crippen LogP) is 3.09. The largest absolute Gasteiger partial charge is 0.486 e. The number of nitriles is 1. The summed E-state index contributed by atoms with van der Waals surface area (Å²) in [5.74, 6) is -0.689. The summed E-state index contributed by atoms with van der Waals surface area (Å²) in [6.07, 6.45) is 1.94. The molecule has 0 amide bonds. The van der Waals surface area contributed by atoms with Crippen LogP contribution in [-0.4, -0.2) is 22.6 Å². The average molecular weight is 404 g/mol. The molecule has 7 nitrogen and oxygen atoms in total. The summed E-state index contributed by atoms with van der Waals surface area (Å²) < 4.78 is 5.93. The number of nitro groups is 1. The first-order valence-corrected chi connectivity index (χ1v) is 7.26. The highest BCUT2D eigenvalue weighted by molar-refractivity contribution is 14.1. The van der Waals surface area contributed by atoms with Gasteiger partial charge in [-0.05, 0) is 47.9 Å². The van der Waals surface area contributed by atoms with Gasteiger partial charge in [0.1, 0.15) is 0 Å². The number of rotatable bonds is 8. The zero-order valence-electron chi connectivity index (χ0n) is 11.0. The summed E-state index contributed by atoms with van der Waals surface area (Å²) in [4.78, 5) is 20.8. The number of unbranched alkanes of at least 4 members (excludes halogenated alkanes) is 2. The van der Waals surface area contributed by atoms with Crippen LogP contribution in [0.25, 0.3) is 0 Å². The Kier molecular flexibility index (Phi) is 6.87. The van der Waals surface area contributed by atoms with Crippen LogP contribution in [0.4, 0.5) is 5.69 Å². The van der Waals surface area contributed by atoms with Crippen LogP contribution in [0.5, 0.6) is 5.75 Å². The van der Waals surface area contributed by atoms with Crippen molar-refractivity contribution in [1.29, 1.82) is 5.26 Å². The summed E-state index contributed by atoms with van der Waals surface area (Å²) in [6, 6.07) is 4.57. The first-order valence-electron chi connectivity index (χ1n) is 6.18. The second-order valence-electron chi connectivity index (χ2n) is 4.23. The van der Waals surface area contributed by atoms with Gasteiger partial charge in [-0.3, -0.25) is 14.9 Å². The molecular formula is C13H13IN2O5. The van der Waals surface area contributed by atoms with Gasteiger partial charge in [0.15, 0.2) is 0 Å². The van der Waals surface area contributed by atoms with Crippen molar-refractivity contribution in [2.24, 2.45) is 0 Å². The standard InChI is InChI=1S/C13H13IN2O5/c14-10-6-9(8-15)7-11(16(19)20)13(10)21-5-3-1-2-4-12(17)18/h6-7H,1-5H2,(H,17,18). The minimum absolute atomic E-state index is 0.106. The zero-order valence-corrected chi connectivity index (χ0v) is 13.2. The molecule has 0 radical (unpaired) electrons. The minimum Gasteiger partial charge on any atom is -0.486 e. The molecule has 0 spiro atoms. The number of carboxylic acids is 1. The first-order chi connectivity index (χ1) is 9.95. The number of nitrogens with zero attached hydrogens (tertiary/aromatic N) is 2. The number of ether oxygens (including phenoxy) is 1. The molecule has 0 unspecified atom stereocenters. The van der Waals surface area contributed by atoms with E-state index < -0.39 is 10.9 Å². The predicted molar refractivity (Wildman–Crippen MR) is 82.1 cm³/mol. The maximum absolute atomic E-state index is 11.0. The summed E-state index contributed by atoms with van der Waals surface area (Å²) in [7, 11) is 0. The Balaban J connectivity index is 2.64. The number of halogens is 1. The fourth-order valence-corrected chi connectivity index (χ4v) is 2.42. The van der Waals surface area contributed by atoms with Crippen molar-refractivity contribution in [3.05, 3.63) is 31.4 Å². The summed E-state index contributed by atoms with van der Waals surface area (Å²) in [6.45, 7) is 0.266. The normalized spacial score (nSPS) is 9.90. The van der Waals surface area contributed by atoms with Crippen molar-refractivity contribution >= 4 is 34.2 Å². The summed E-state index contributed by atoms with van der Waals surface area (Å²) >= 11 is 1.89. The van der Waals surface area contributed by atoms with Gasteiger partial charge in [0.25, 0.3) is 0 Å². The topological polar surface area (TPSA) is 113 Å². The van der Waals surface area contributed by atoms with Crippen molar-refractivity contribution in [2.75, 3.05) is 6.61 Å². The van der Waals surface area contributed by atoms with Crippen molar-refractivity contribution in [2.45, 2.75) is 25.7 Å². The summed E-state index contributed by atoms with van der Waals surface area (Å²) in [5.41, 5.74) is -0.0242. The lowest BCUT2D eigenvalue weighted by Crippen LogP contribution is -2.03. The first kappa shape index (κ1) is 17.2. The number of aliphatic carboxylic acids is 1. The average Bonchev–Trinajstić information content (AvgIpc) is 2.42. The molecule has 21 heavy (non-hydrogen) atoms. The Hall–Kier alpha value is -1.89. The van der Waals surface area contributed by atoms with Crippen LogP contribution in [0.3, 0.4) is 0 Å². The molecular weight excluding hydrogens is 391 g/mol. The van der Waals surface area contributed by atoms with E-state index in [1.807, 2.05) is 28.7 Å². The van der Waals surface area contributed by atoms with Crippen molar-refractivity contribution < 1.29 is 19.6 Å². The minimum atomic E-state index is -0.840. The van der Waals surface area contributed by atoms with E-state index in [1.165, 1.54) is 12.1 Å². The van der Waals surface area contributed by atoms with E-state index in [1.54, 1.807) is 0 Å². The van der Waals surface area contributed by atoms with E-state index in [-0.39, 0.29) is 30.0 Å². The van der Waals surface area contributed by atoms with E-state index in [0.29, 0.717) is 22.8 Å². The molecule has 112 valence electrons. The maximum atomic E-state index is 11.0. The van der Waals surface area contributed by atoms with Crippen LogP contribution in [0.15, 0.2) is 12.1 Å². The molecule has 0 aliphatic rings. The van der Waals surface area contributed by atoms with Crippen LogP contribution in [0.2, 0.25) is 0 Å². The van der Waals surface area contributed by atoms with Gasteiger partial charge in [-0.25, -0.2) is 0 Å². The Morgan fingerprint density at radius 3 is 2.71 bits per heavy atom. The smallest absolute Gasteiger partial charge is 0.313 e. The third-order valence-corrected chi connectivity index (χ3v) is 3.43. The number of nitro benzene ring substituents is 1. The number of carbonyl (C=O) groups is 1. The Bertz CT molecular complexity index is 583. The molecule has 0 heterocycles. The third kappa shape index (κ3) is 5.55. The lowest BCUT2D eigenvalue weighted by molar-refractivity contribution is -0.386. The van der Waals surface area contributed by atoms with Crippen molar-refractivity contribution in [1.82, 2.24) is 0 Å². The van der Waals surface area contributed by atoms with E-state index >= 15 is 0 Å². The number of hydrogen-bond donors (Lipinski definition) is 1. The van der Waals surface area contributed by atoms with Crippen LogP contribution in [-0.2, 0) is 4.79 Å². The second-order valence-corrected chi connectivity index (χ2v) is 5.39. The van der Waals surface area contributed by atoms with Gasteiger partial charge in [0, 0.05) is 12.5 Å². The van der Waals surface area contributed by atoms with Crippen molar-refractivity contribution in [3.63, 3.8) is 0 Å². The Labute approximate surface area is 134 Å². The maximum Gasteiger partial charge on any atom is 0.313 e. The SMILES string of the molecule is N#Cc1cc(I)c(OCCCCCC(=O)O)c([N+](=O)[O-])c1. The second kappa shape index (κ2) is 8.41. The fourth-order valence-electron chi connectivity index (χ4n) is 1.65. The highest BCUT2D eigenvalue weighted by Gasteiger charge is 2.20. The van der Waals surface area contributed by atoms with E-state index in [4.69, 9.17) is 15.1 Å². The van der Waals surface area contributed by atoms with Gasteiger partial charge < -0.3 is 9.84 Å².